The van der Waals surface area contributed by atoms with E-state index in [2.05, 4.69) is 20.6 Å². The predicted molar refractivity (Wildman–Crippen MR) is 90.9 cm³/mol. The molecule has 0 aliphatic carbocycles. The summed E-state index contributed by atoms with van der Waals surface area (Å²) in [5.41, 5.74) is 0.908. The number of carbonyl (C=O) groups is 1. The second-order valence-electron chi connectivity index (χ2n) is 5.68. The molecule has 0 atom stereocenters. The number of para-hydroxylation sites is 2. The van der Waals surface area contributed by atoms with Crippen molar-refractivity contribution in [2.75, 3.05) is 10.6 Å². The van der Waals surface area contributed by atoms with Gasteiger partial charge in [0.05, 0.1) is 11.8 Å². The standard InChI is InChI=1S/C17H22N4O2/c1-11(2)19-17-18-10-9-14(21-17)16(22)20-13-7-5-6-8-15(13)23-12(3)4/h5-12H,1-4H3,(H,20,22)(H,18,19,21). The first-order valence-corrected chi connectivity index (χ1v) is 7.62. The van der Waals surface area contributed by atoms with Gasteiger partial charge in [0, 0.05) is 12.2 Å². The predicted octanol–water partition coefficient (Wildman–Crippen LogP) is 3.34. The van der Waals surface area contributed by atoms with Gasteiger partial charge in [-0.1, -0.05) is 12.1 Å². The average molecular weight is 314 g/mol. The Bertz CT molecular complexity index is 671. The van der Waals surface area contributed by atoms with Crippen molar-refractivity contribution in [3.05, 3.63) is 42.2 Å². The second-order valence-corrected chi connectivity index (χ2v) is 5.68. The van der Waals surface area contributed by atoms with Gasteiger partial charge in [-0.15, -0.1) is 0 Å². The molecule has 0 aliphatic rings. The highest BCUT2D eigenvalue weighted by Crippen LogP contribution is 2.25. The number of nitrogens with one attached hydrogen (secondary N) is 2. The van der Waals surface area contributed by atoms with Crippen molar-refractivity contribution in [3.8, 4) is 5.75 Å². The molecule has 0 bridgehead atoms. The van der Waals surface area contributed by atoms with E-state index in [4.69, 9.17) is 4.74 Å². The summed E-state index contributed by atoms with van der Waals surface area (Å²) < 4.78 is 5.70. The van der Waals surface area contributed by atoms with Gasteiger partial charge in [0.25, 0.3) is 5.91 Å². The molecule has 6 heteroatoms. The van der Waals surface area contributed by atoms with E-state index < -0.39 is 0 Å². The molecule has 23 heavy (non-hydrogen) atoms. The minimum Gasteiger partial charge on any atom is -0.489 e. The molecule has 1 heterocycles. The van der Waals surface area contributed by atoms with E-state index in [1.165, 1.54) is 0 Å². The van der Waals surface area contributed by atoms with E-state index in [-0.39, 0.29) is 18.1 Å². The van der Waals surface area contributed by atoms with E-state index >= 15 is 0 Å². The molecule has 2 rings (SSSR count). The van der Waals surface area contributed by atoms with Crippen LogP contribution in [0.5, 0.6) is 5.75 Å². The van der Waals surface area contributed by atoms with Gasteiger partial charge >= 0.3 is 0 Å². The molecule has 0 spiro atoms. The lowest BCUT2D eigenvalue weighted by Gasteiger charge is -2.15. The fourth-order valence-corrected chi connectivity index (χ4v) is 1.93. The van der Waals surface area contributed by atoms with Crippen LogP contribution < -0.4 is 15.4 Å². The molecule has 1 aromatic carbocycles. The fourth-order valence-electron chi connectivity index (χ4n) is 1.93. The lowest BCUT2D eigenvalue weighted by molar-refractivity contribution is 0.102. The molecule has 2 aromatic rings. The molecule has 0 saturated carbocycles. The van der Waals surface area contributed by atoms with Crippen LogP contribution in [0.3, 0.4) is 0 Å². The van der Waals surface area contributed by atoms with Gasteiger partial charge in [0.2, 0.25) is 5.95 Å². The summed E-state index contributed by atoms with van der Waals surface area (Å²) in [5.74, 6) is 0.754. The van der Waals surface area contributed by atoms with Gasteiger partial charge < -0.3 is 15.4 Å². The quantitative estimate of drug-likeness (QED) is 0.855. The molecular formula is C17H22N4O2. The van der Waals surface area contributed by atoms with Crippen LogP contribution in [0.2, 0.25) is 0 Å². The van der Waals surface area contributed by atoms with Crippen molar-refractivity contribution < 1.29 is 9.53 Å². The Balaban J connectivity index is 2.16. The fraction of sp³-hybridized carbons (Fsp3) is 0.353. The SMILES string of the molecule is CC(C)Nc1nccc(C(=O)Nc2ccccc2OC(C)C)n1. The molecule has 0 saturated heterocycles. The van der Waals surface area contributed by atoms with Gasteiger partial charge in [-0.3, -0.25) is 4.79 Å². The molecule has 2 N–H and O–H groups in total. The van der Waals surface area contributed by atoms with E-state index in [0.29, 0.717) is 23.1 Å². The Morgan fingerprint density at radius 3 is 2.57 bits per heavy atom. The van der Waals surface area contributed by atoms with Crippen molar-refractivity contribution in [3.63, 3.8) is 0 Å². The third kappa shape index (κ3) is 4.95. The minimum absolute atomic E-state index is 0.0222. The van der Waals surface area contributed by atoms with Crippen LogP contribution in [-0.2, 0) is 0 Å². The Kier molecular flexibility index (Phi) is 5.51. The first-order chi connectivity index (χ1) is 11.0. The summed E-state index contributed by atoms with van der Waals surface area (Å²) in [6.45, 7) is 7.84. The molecule has 122 valence electrons. The highest BCUT2D eigenvalue weighted by atomic mass is 16.5. The van der Waals surface area contributed by atoms with Gasteiger partial charge in [0.15, 0.2) is 0 Å². The molecule has 6 nitrogen and oxygen atoms in total. The zero-order chi connectivity index (χ0) is 16.8. The molecule has 0 radical (unpaired) electrons. The molecule has 1 aromatic heterocycles. The largest absolute Gasteiger partial charge is 0.489 e. The number of aromatic nitrogens is 2. The lowest BCUT2D eigenvalue weighted by atomic mass is 10.2. The number of anilines is 2. The monoisotopic (exact) mass is 314 g/mol. The Morgan fingerprint density at radius 2 is 1.87 bits per heavy atom. The lowest BCUT2D eigenvalue weighted by Crippen LogP contribution is -2.18. The van der Waals surface area contributed by atoms with E-state index in [1.54, 1.807) is 18.3 Å². The van der Waals surface area contributed by atoms with Crippen molar-refractivity contribution in [2.45, 2.75) is 39.8 Å². The maximum Gasteiger partial charge on any atom is 0.274 e. The summed E-state index contributed by atoms with van der Waals surface area (Å²) in [6.07, 6.45) is 1.58. The maximum atomic E-state index is 12.4. The third-order valence-electron chi connectivity index (χ3n) is 2.80. The Hall–Kier alpha value is -2.63. The summed E-state index contributed by atoms with van der Waals surface area (Å²) in [4.78, 5) is 20.7. The Labute approximate surface area is 136 Å². The van der Waals surface area contributed by atoms with Crippen LogP contribution in [-0.4, -0.2) is 28.0 Å². The third-order valence-corrected chi connectivity index (χ3v) is 2.80. The Morgan fingerprint density at radius 1 is 1.13 bits per heavy atom. The van der Waals surface area contributed by atoms with Crippen LogP contribution in [0, 0.1) is 0 Å². The zero-order valence-corrected chi connectivity index (χ0v) is 13.8. The minimum atomic E-state index is -0.306. The number of rotatable bonds is 6. The molecular weight excluding hydrogens is 292 g/mol. The van der Waals surface area contributed by atoms with Crippen molar-refractivity contribution >= 4 is 17.5 Å². The number of hydrogen-bond acceptors (Lipinski definition) is 5. The van der Waals surface area contributed by atoms with Crippen LogP contribution in [0.4, 0.5) is 11.6 Å². The highest BCUT2D eigenvalue weighted by molar-refractivity contribution is 6.03. The van der Waals surface area contributed by atoms with E-state index in [0.717, 1.165) is 0 Å². The first-order valence-electron chi connectivity index (χ1n) is 7.62. The number of nitrogens with zero attached hydrogens (tertiary/aromatic N) is 2. The number of ether oxygens (including phenoxy) is 1. The van der Waals surface area contributed by atoms with Crippen molar-refractivity contribution in [2.24, 2.45) is 0 Å². The number of benzene rings is 1. The molecule has 0 aliphatic heterocycles. The van der Waals surface area contributed by atoms with Gasteiger partial charge in [-0.05, 0) is 45.9 Å². The summed E-state index contributed by atoms with van der Waals surface area (Å²) in [6, 6.07) is 9.09. The van der Waals surface area contributed by atoms with Gasteiger partial charge in [0.1, 0.15) is 11.4 Å². The topological polar surface area (TPSA) is 76.1 Å². The normalized spacial score (nSPS) is 10.7. The summed E-state index contributed by atoms with van der Waals surface area (Å²) >= 11 is 0. The number of carbonyl (C=O) groups excluding carboxylic acids is 1. The highest BCUT2D eigenvalue weighted by Gasteiger charge is 2.13. The van der Waals surface area contributed by atoms with Crippen LogP contribution in [0.25, 0.3) is 0 Å². The molecule has 0 fully saturated rings. The average Bonchev–Trinajstić information content (AvgIpc) is 2.48. The van der Waals surface area contributed by atoms with E-state index in [9.17, 15) is 4.79 Å². The smallest absolute Gasteiger partial charge is 0.274 e. The second kappa shape index (κ2) is 7.58. The van der Waals surface area contributed by atoms with Crippen molar-refractivity contribution in [1.29, 1.82) is 0 Å². The molecule has 1 amide bonds. The number of amides is 1. The number of hydrogen-bond donors (Lipinski definition) is 2. The van der Waals surface area contributed by atoms with Crippen LogP contribution in [0.1, 0.15) is 38.2 Å². The van der Waals surface area contributed by atoms with Gasteiger partial charge in [-0.2, -0.15) is 0 Å². The summed E-state index contributed by atoms with van der Waals surface area (Å²) in [7, 11) is 0. The van der Waals surface area contributed by atoms with Crippen LogP contribution in [0.15, 0.2) is 36.5 Å². The van der Waals surface area contributed by atoms with Crippen molar-refractivity contribution in [1.82, 2.24) is 9.97 Å². The van der Waals surface area contributed by atoms with E-state index in [1.807, 2.05) is 45.9 Å². The first kappa shape index (κ1) is 16.7. The zero-order valence-electron chi connectivity index (χ0n) is 13.8. The van der Waals surface area contributed by atoms with Gasteiger partial charge in [-0.25, -0.2) is 9.97 Å². The maximum absolute atomic E-state index is 12.4. The molecule has 0 unspecified atom stereocenters. The van der Waals surface area contributed by atoms with Crippen LogP contribution >= 0.6 is 0 Å². The summed E-state index contributed by atoms with van der Waals surface area (Å²) in [5, 5.41) is 5.91.